The van der Waals surface area contributed by atoms with Gasteiger partial charge < -0.3 is 10.4 Å². The van der Waals surface area contributed by atoms with Crippen LogP contribution >= 0.6 is 11.6 Å². The van der Waals surface area contributed by atoms with Crippen molar-refractivity contribution in [1.29, 1.82) is 0 Å². The number of aliphatic hydroxyl groups is 1. The van der Waals surface area contributed by atoms with Gasteiger partial charge in [-0.25, -0.2) is 21.6 Å². The number of hydrogen-bond donors (Lipinski definition) is 2. The molecule has 2 aromatic carbocycles. The molecule has 0 fully saturated rings. The van der Waals surface area contributed by atoms with E-state index < -0.39 is 57.8 Å². The molecule has 0 bridgehead atoms. The van der Waals surface area contributed by atoms with Gasteiger partial charge in [0.1, 0.15) is 22.7 Å². The molecule has 11 heteroatoms. The van der Waals surface area contributed by atoms with E-state index in [9.17, 15) is 31.5 Å². The zero-order chi connectivity index (χ0) is 22.6. The Labute approximate surface area is 177 Å². The van der Waals surface area contributed by atoms with Crippen LogP contribution in [-0.2, 0) is 10.0 Å². The van der Waals surface area contributed by atoms with Gasteiger partial charge in [0, 0.05) is 24.3 Å². The van der Waals surface area contributed by atoms with E-state index in [0.717, 1.165) is 37.3 Å². The maximum absolute atomic E-state index is 14.3. The van der Waals surface area contributed by atoms with Crippen LogP contribution in [0.3, 0.4) is 0 Å². The quantitative estimate of drug-likeness (QED) is 0.625. The fourth-order valence-corrected chi connectivity index (χ4v) is 4.47. The standard InChI is InChI=1S/C19H20ClF3N2O4S/c1-11(21)9-25(10-12(2)26)30(28,29)18-7-13(3-5-17(18)23)19(27)24-14-4-6-16(22)15(20)8-14/h3-8,11-12,26H,9-10H2,1-2H3,(H,24,27). The average Bonchev–Trinajstić information content (AvgIpc) is 2.63. The lowest BCUT2D eigenvalue weighted by atomic mass is 10.2. The highest BCUT2D eigenvalue weighted by atomic mass is 35.5. The summed E-state index contributed by atoms with van der Waals surface area (Å²) >= 11 is 5.66. The Balaban J connectivity index is 2.38. The number of anilines is 1. The summed E-state index contributed by atoms with van der Waals surface area (Å²) in [5.74, 6) is -2.63. The molecule has 2 atom stereocenters. The van der Waals surface area contributed by atoms with Crippen LogP contribution in [0, 0.1) is 11.6 Å². The highest BCUT2D eigenvalue weighted by molar-refractivity contribution is 7.89. The highest BCUT2D eigenvalue weighted by Gasteiger charge is 2.30. The topological polar surface area (TPSA) is 86.7 Å². The number of nitrogens with zero attached hydrogens (tertiary/aromatic N) is 1. The number of benzene rings is 2. The van der Waals surface area contributed by atoms with Crippen molar-refractivity contribution in [3.8, 4) is 0 Å². The molecule has 1 amide bonds. The summed E-state index contributed by atoms with van der Waals surface area (Å²) in [7, 11) is -4.56. The minimum atomic E-state index is -4.56. The number of nitrogens with one attached hydrogen (secondary N) is 1. The van der Waals surface area contributed by atoms with Gasteiger partial charge in [-0.2, -0.15) is 4.31 Å². The van der Waals surface area contributed by atoms with E-state index in [1.54, 1.807) is 0 Å². The Morgan fingerprint density at radius 2 is 1.77 bits per heavy atom. The molecule has 0 heterocycles. The first kappa shape index (κ1) is 24.1. The molecule has 0 aliphatic heterocycles. The number of hydrogen-bond acceptors (Lipinski definition) is 4. The second kappa shape index (κ2) is 9.78. The molecule has 0 aliphatic carbocycles. The summed E-state index contributed by atoms with van der Waals surface area (Å²) < 4.78 is 67.4. The Bertz CT molecular complexity index is 1020. The number of halogens is 4. The third-order valence-electron chi connectivity index (χ3n) is 3.91. The van der Waals surface area contributed by atoms with Gasteiger partial charge in [-0.05, 0) is 50.2 Å². The maximum atomic E-state index is 14.3. The largest absolute Gasteiger partial charge is 0.392 e. The lowest BCUT2D eigenvalue weighted by Crippen LogP contribution is -2.40. The van der Waals surface area contributed by atoms with E-state index >= 15 is 0 Å². The number of rotatable bonds is 8. The molecule has 0 radical (unpaired) electrons. The van der Waals surface area contributed by atoms with E-state index in [1.807, 2.05) is 0 Å². The smallest absolute Gasteiger partial charge is 0.255 e. The van der Waals surface area contributed by atoms with Gasteiger partial charge in [0.15, 0.2) is 0 Å². The summed E-state index contributed by atoms with van der Waals surface area (Å²) in [5.41, 5.74) is -0.0668. The first-order chi connectivity index (χ1) is 13.9. The number of aliphatic hydroxyl groups excluding tert-OH is 1. The molecule has 2 unspecified atom stereocenters. The van der Waals surface area contributed by atoms with Crippen molar-refractivity contribution in [2.24, 2.45) is 0 Å². The van der Waals surface area contributed by atoms with E-state index in [0.29, 0.717) is 4.31 Å². The molecule has 6 nitrogen and oxygen atoms in total. The molecular weight excluding hydrogens is 445 g/mol. The minimum Gasteiger partial charge on any atom is -0.392 e. The monoisotopic (exact) mass is 464 g/mol. The fraction of sp³-hybridized carbons (Fsp3) is 0.316. The molecule has 0 aliphatic rings. The van der Waals surface area contributed by atoms with Crippen molar-refractivity contribution in [2.45, 2.75) is 31.0 Å². The molecule has 0 saturated carbocycles. The van der Waals surface area contributed by atoms with Gasteiger partial charge in [0.2, 0.25) is 10.0 Å². The second-order valence-electron chi connectivity index (χ2n) is 6.68. The normalized spacial score (nSPS) is 13.9. The van der Waals surface area contributed by atoms with Crippen molar-refractivity contribution in [3.05, 3.63) is 58.6 Å². The van der Waals surface area contributed by atoms with Gasteiger partial charge in [-0.15, -0.1) is 0 Å². The predicted octanol–water partition coefficient (Wildman–Crippen LogP) is 3.60. The summed E-state index contributed by atoms with van der Waals surface area (Å²) in [6.07, 6.45) is -2.70. The Morgan fingerprint density at radius 3 is 2.33 bits per heavy atom. The number of carbonyl (C=O) groups excluding carboxylic acids is 1. The zero-order valence-corrected chi connectivity index (χ0v) is 17.6. The Kier molecular flexibility index (Phi) is 7.87. The van der Waals surface area contributed by atoms with Gasteiger partial charge >= 0.3 is 0 Å². The van der Waals surface area contributed by atoms with E-state index in [-0.39, 0.29) is 16.3 Å². The summed E-state index contributed by atoms with van der Waals surface area (Å²) in [4.78, 5) is 11.6. The van der Waals surface area contributed by atoms with Crippen LogP contribution in [0.1, 0.15) is 24.2 Å². The first-order valence-corrected chi connectivity index (χ1v) is 10.6. The molecule has 164 valence electrons. The van der Waals surface area contributed by atoms with Crippen molar-refractivity contribution in [1.82, 2.24) is 4.31 Å². The Morgan fingerprint density at radius 1 is 1.13 bits per heavy atom. The van der Waals surface area contributed by atoms with E-state index in [1.165, 1.54) is 13.0 Å². The van der Waals surface area contributed by atoms with Gasteiger partial charge in [0.05, 0.1) is 11.1 Å². The highest BCUT2D eigenvalue weighted by Crippen LogP contribution is 2.24. The van der Waals surface area contributed by atoms with Crippen molar-refractivity contribution in [3.63, 3.8) is 0 Å². The number of amides is 1. The summed E-state index contributed by atoms with van der Waals surface area (Å²) in [6.45, 7) is 1.37. The van der Waals surface area contributed by atoms with E-state index in [2.05, 4.69) is 5.32 Å². The van der Waals surface area contributed by atoms with Crippen LogP contribution in [0.25, 0.3) is 0 Å². The SMILES string of the molecule is CC(O)CN(CC(C)F)S(=O)(=O)c1cc(C(=O)Nc2ccc(F)c(Cl)c2)ccc1F. The van der Waals surface area contributed by atoms with Crippen LogP contribution in [0.2, 0.25) is 5.02 Å². The maximum Gasteiger partial charge on any atom is 0.255 e. The third kappa shape index (κ3) is 5.94. The van der Waals surface area contributed by atoms with Crippen molar-refractivity contribution in [2.75, 3.05) is 18.4 Å². The minimum absolute atomic E-state index is 0.141. The summed E-state index contributed by atoms with van der Waals surface area (Å²) in [6, 6.07) is 6.09. The Hall–Kier alpha value is -2.14. The molecule has 2 aromatic rings. The molecule has 0 spiro atoms. The van der Waals surface area contributed by atoms with E-state index in [4.69, 9.17) is 11.6 Å². The third-order valence-corrected chi connectivity index (χ3v) is 6.05. The fourth-order valence-electron chi connectivity index (χ4n) is 2.60. The van der Waals surface area contributed by atoms with Gasteiger partial charge in [0.25, 0.3) is 5.91 Å². The van der Waals surface area contributed by atoms with Crippen LogP contribution in [0.15, 0.2) is 41.3 Å². The van der Waals surface area contributed by atoms with Crippen LogP contribution in [0.5, 0.6) is 0 Å². The molecule has 0 aromatic heterocycles. The van der Waals surface area contributed by atoms with Gasteiger partial charge in [-0.1, -0.05) is 11.6 Å². The summed E-state index contributed by atoms with van der Waals surface area (Å²) in [5, 5.41) is 11.7. The van der Waals surface area contributed by atoms with Crippen LogP contribution < -0.4 is 5.32 Å². The predicted molar refractivity (Wildman–Crippen MR) is 107 cm³/mol. The average molecular weight is 465 g/mol. The molecule has 2 N–H and O–H groups in total. The molecular formula is C19H20ClF3N2O4S. The van der Waals surface area contributed by atoms with Crippen molar-refractivity contribution < 1.29 is 31.5 Å². The lowest BCUT2D eigenvalue weighted by Gasteiger charge is -2.24. The first-order valence-electron chi connectivity index (χ1n) is 8.80. The second-order valence-corrected chi connectivity index (χ2v) is 8.99. The molecule has 30 heavy (non-hydrogen) atoms. The zero-order valence-electron chi connectivity index (χ0n) is 16.1. The van der Waals surface area contributed by atoms with Crippen LogP contribution in [-0.4, -0.2) is 49.1 Å². The molecule has 0 saturated heterocycles. The number of sulfonamides is 1. The molecule has 2 rings (SSSR count). The lowest BCUT2D eigenvalue weighted by molar-refractivity contribution is 0.102. The van der Waals surface area contributed by atoms with Crippen molar-refractivity contribution >= 4 is 33.2 Å². The number of alkyl halides is 1. The number of carbonyl (C=O) groups is 1. The van der Waals surface area contributed by atoms with Gasteiger partial charge in [-0.3, -0.25) is 4.79 Å². The van der Waals surface area contributed by atoms with Crippen LogP contribution in [0.4, 0.5) is 18.9 Å².